The van der Waals surface area contributed by atoms with E-state index in [-0.39, 0.29) is 17.0 Å². The van der Waals surface area contributed by atoms with E-state index < -0.39 is 17.8 Å². The maximum atomic E-state index is 14.5. The third kappa shape index (κ3) is 3.15. The molecule has 0 radical (unpaired) electrons. The first kappa shape index (κ1) is 16.5. The van der Waals surface area contributed by atoms with Crippen LogP contribution in [-0.4, -0.2) is 26.2 Å². The second-order valence-electron chi connectivity index (χ2n) is 4.72. The fourth-order valence-electron chi connectivity index (χ4n) is 2.17. The molecule has 0 saturated carbocycles. The van der Waals surface area contributed by atoms with Gasteiger partial charge in [0.25, 0.3) is 0 Å². The normalized spacial score (nSPS) is 13.8. The van der Waals surface area contributed by atoms with Crippen molar-refractivity contribution in [2.45, 2.75) is 6.92 Å². The van der Waals surface area contributed by atoms with Gasteiger partial charge in [0.1, 0.15) is 11.5 Å². The van der Waals surface area contributed by atoms with Gasteiger partial charge < -0.3 is 14.4 Å². The van der Waals surface area contributed by atoms with Crippen molar-refractivity contribution in [1.29, 1.82) is 0 Å². The van der Waals surface area contributed by atoms with E-state index in [4.69, 9.17) is 9.47 Å². The number of carbonyl (C=O) groups is 2. The molecule has 0 N–H and O–H groups in total. The molecule has 0 aliphatic carbocycles. The number of ether oxygens (including phenoxy) is 2. The highest BCUT2D eigenvalue weighted by molar-refractivity contribution is 6.05. The Balaban J connectivity index is 2.71. The number of allylic oxidation sites excluding steroid dienone is 2. The molecule has 6 heteroatoms. The third-order valence-corrected chi connectivity index (χ3v) is 3.32. The summed E-state index contributed by atoms with van der Waals surface area (Å²) in [5.41, 5.74) is 0.405. The highest BCUT2D eigenvalue weighted by Crippen LogP contribution is 2.29. The Bertz CT molecular complexity index is 734. The maximum Gasteiger partial charge on any atom is 0.355 e. The van der Waals surface area contributed by atoms with Gasteiger partial charge in [-0.15, -0.1) is 0 Å². The minimum Gasteiger partial charge on any atom is -0.465 e. The lowest BCUT2D eigenvalue weighted by Crippen LogP contribution is -2.27. The van der Waals surface area contributed by atoms with Crippen molar-refractivity contribution in [3.63, 3.8) is 0 Å². The second kappa shape index (κ2) is 6.91. The molecule has 23 heavy (non-hydrogen) atoms. The molecule has 120 valence electrons. The molecule has 2 rings (SSSR count). The van der Waals surface area contributed by atoms with Gasteiger partial charge in [-0.25, -0.2) is 14.0 Å². The first-order chi connectivity index (χ1) is 11.0. The minimum absolute atomic E-state index is 0.0229. The summed E-state index contributed by atoms with van der Waals surface area (Å²) >= 11 is 0. The van der Waals surface area contributed by atoms with Crippen LogP contribution in [0.4, 0.5) is 10.1 Å². The summed E-state index contributed by atoms with van der Waals surface area (Å²) in [6.07, 6.45) is 6.04. The van der Waals surface area contributed by atoms with Crippen LogP contribution < -0.4 is 4.90 Å². The molecule has 1 aliphatic rings. The number of benzene rings is 1. The molecule has 1 aromatic rings. The van der Waals surface area contributed by atoms with E-state index in [1.165, 1.54) is 37.5 Å². The summed E-state index contributed by atoms with van der Waals surface area (Å²) in [7, 11) is 2.39. The van der Waals surface area contributed by atoms with E-state index in [9.17, 15) is 14.0 Å². The van der Waals surface area contributed by atoms with E-state index in [0.29, 0.717) is 5.56 Å². The quantitative estimate of drug-likeness (QED) is 0.802. The van der Waals surface area contributed by atoms with Crippen molar-refractivity contribution in [3.8, 4) is 0 Å². The zero-order valence-corrected chi connectivity index (χ0v) is 13.0. The highest BCUT2D eigenvalue weighted by Gasteiger charge is 2.28. The molecule has 1 aliphatic heterocycles. The van der Waals surface area contributed by atoms with Gasteiger partial charge in [-0.2, -0.15) is 0 Å². The van der Waals surface area contributed by atoms with Crippen LogP contribution in [0.2, 0.25) is 0 Å². The first-order valence-electron chi connectivity index (χ1n) is 6.81. The average molecular weight is 317 g/mol. The molecule has 1 aromatic carbocycles. The van der Waals surface area contributed by atoms with Crippen LogP contribution >= 0.6 is 0 Å². The standard InChI is InChI=1S/C17H16FNO4/c1-11-7-6-9-13(14(11)18)19-10-5-4-8-12(16(20)22-2)15(19)17(21)23-3/h4-10H,1-3H3. The Morgan fingerprint density at radius 2 is 1.78 bits per heavy atom. The van der Waals surface area contributed by atoms with Gasteiger partial charge in [0.05, 0.1) is 25.5 Å². The number of nitrogens with zero attached hydrogens (tertiary/aromatic N) is 1. The molecular weight excluding hydrogens is 301 g/mol. The fourth-order valence-corrected chi connectivity index (χ4v) is 2.17. The number of hydrogen-bond donors (Lipinski definition) is 0. The van der Waals surface area contributed by atoms with Crippen molar-refractivity contribution < 1.29 is 23.5 Å². The zero-order valence-electron chi connectivity index (χ0n) is 13.0. The Kier molecular flexibility index (Phi) is 4.95. The van der Waals surface area contributed by atoms with E-state index in [2.05, 4.69) is 0 Å². The van der Waals surface area contributed by atoms with Crippen LogP contribution in [0.5, 0.6) is 0 Å². The molecule has 0 spiro atoms. The van der Waals surface area contributed by atoms with Gasteiger partial charge in [-0.05, 0) is 30.7 Å². The Hall–Kier alpha value is -2.89. The Morgan fingerprint density at radius 3 is 2.43 bits per heavy atom. The van der Waals surface area contributed by atoms with Crippen molar-refractivity contribution in [3.05, 3.63) is 65.3 Å². The number of esters is 2. The van der Waals surface area contributed by atoms with Crippen molar-refractivity contribution >= 4 is 17.6 Å². The lowest BCUT2D eigenvalue weighted by molar-refractivity contribution is -0.139. The molecule has 0 aromatic heterocycles. The summed E-state index contributed by atoms with van der Waals surface area (Å²) in [6, 6.07) is 4.78. The van der Waals surface area contributed by atoms with Crippen LogP contribution in [0, 0.1) is 12.7 Å². The largest absolute Gasteiger partial charge is 0.465 e. The van der Waals surface area contributed by atoms with Crippen LogP contribution in [0.1, 0.15) is 5.56 Å². The molecule has 0 amide bonds. The number of rotatable bonds is 3. The second-order valence-corrected chi connectivity index (χ2v) is 4.72. The molecule has 0 fully saturated rings. The summed E-state index contributed by atoms with van der Waals surface area (Å²) in [5.74, 6) is -1.99. The molecule has 1 heterocycles. The Labute approximate surface area is 133 Å². The van der Waals surface area contributed by atoms with Gasteiger partial charge in [-0.3, -0.25) is 0 Å². The van der Waals surface area contributed by atoms with E-state index >= 15 is 0 Å². The molecule has 0 bridgehead atoms. The summed E-state index contributed by atoms with van der Waals surface area (Å²) in [4.78, 5) is 25.5. The highest BCUT2D eigenvalue weighted by atomic mass is 19.1. The first-order valence-corrected chi connectivity index (χ1v) is 6.81. The minimum atomic E-state index is -0.775. The number of methoxy groups -OCH3 is 2. The number of halogens is 1. The number of aryl methyl sites for hydroxylation is 1. The molecule has 5 nitrogen and oxygen atoms in total. The van der Waals surface area contributed by atoms with Crippen molar-refractivity contribution in [1.82, 2.24) is 0 Å². The van der Waals surface area contributed by atoms with Gasteiger partial charge in [-0.1, -0.05) is 18.2 Å². The third-order valence-electron chi connectivity index (χ3n) is 3.32. The zero-order chi connectivity index (χ0) is 17.0. The van der Waals surface area contributed by atoms with Gasteiger partial charge in [0, 0.05) is 6.20 Å². The van der Waals surface area contributed by atoms with Gasteiger partial charge in [0.2, 0.25) is 0 Å². The van der Waals surface area contributed by atoms with Crippen LogP contribution in [0.15, 0.2) is 53.9 Å². The summed E-state index contributed by atoms with van der Waals surface area (Å²) in [6.45, 7) is 1.61. The SMILES string of the molecule is COC(=O)C1=C(C(=O)OC)N(c2cccc(C)c2F)C=CC=C1. The lowest BCUT2D eigenvalue weighted by Gasteiger charge is -2.23. The molecule has 0 atom stereocenters. The average Bonchev–Trinajstić information content (AvgIpc) is 2.78. The number of carbonyl (C=O) groups excluding carboxylic acids is 2. The van der Waals surface area contributed by atoms with E-state index in [1.54, 1.807) is 31.2 Å². The monoisotopic (exact) mass is 317 g/mol. The van der Waals surface area contributed by atoms with Crippen LogP contribution in [0.25, 0.3) is 0 Å². The molecule has 0 saturated heterocycles. The lowest BCUT2D eigenvalue weighted by atomic mass is 10.1. The van der Waals surface area contributed by atoms with E-state index in [0.717, 1.165) is 0 Å². The van der Waals surface area contributed by atoms with Crippen molar-refractivity contribution in [2.75, 3.05) is 19.1 Å². The summed E-state index contributed by atoms with van der Waals surface area (Å²) in [5, 5.41) is 0. The molecular formula is C17H16FNO4. The van der Waals surface area contributed by atoms with E-state index in [1.807, 2.05) is 0 Å². The summed E-state index contributed by atoms with van der Waals surface area (Å²) < 4.78 is 23.9. The van der Waals surface area contributed by atoms with Crippen molar-refractivity contribution in [2.24, 2.45) is 0 Å². The predicted octanol–water partition coefficient (Wildman–Crippen LogP) is 2.62. The number of anilines is 1. The molecule has 0 unspecified atom stereocenters. The van der Waals surface area contributed by atoms with Gasteiger partial charge >= 0.3 is 11.9 Å². The maximum absolute atomic E-state index is 14.5. The van der Waals surface area contributed by atoms with Crippen LogP contribution in [0.3, 0.4) is 0 Å². The predicted molar refractivity (Wildman–Crippen MR) is 83.0 cm³/mol. The topological polar surface area (TPSA) is 55.8 Å². The fraction of sp³-hybridized carbons (Fsp3) is 0.176. The van der Waals surface area contributed by atoms with Gasteiger partial charge in [0.15, 0.2) is 0 Å². The van der Waals surface area contributed by atoms with Crippen LogP contribution in [-0.2, 0) is 19.1 Å². The Morgan fingerprint density at radius 1 is 1.09 bits per heavy atom. The smallest absolute Gasteiger partial charge is 0.355 e. The number of hydrogen-bond acceptors (Lipinski definition) is 5.